The number of nitriles is 1. The van der Waals surface area contributed by atoms with Crippen LogP contribution in [0.1, 0.15) is 25.3 Å². The van der Waals surface area contributed by atoms with E-state index in [4.69, 9.17) is 5.26 Å². The molecule has 0 radical (unpaired) electrons. The summed E-state index contributed by atoms with van der Waals surface area (Å²) in [6.45, 7) is 4.36. The van der Waals surface area contributed by atoms with Crippen LogP contribution in [0, 0.1) is 17.2 Å². The zero-order valence-electron chi connectivity index (χ0n) is 15.2. The number of rotatable bonds is 3. The highest BCUT2D eigenvalue weighted by atomic mass is 16.2. The standard InChI is InChI=1S/C21H22N4O2/c1-15-10-12-25(13-11-15)19-8-6-18(7-9-19)24-21(27)20(26)23-17-4-2-16(14-22)3-5-17/h2-9,15H,10-13H2,1H3,(H,23,26)(H,24,27). The number of amides is 2. The van der Waals surface area contributed by atoms with Gasteiger partial charge in [-0.1, -0.05) is 6.92 Å². The molecule has 1 heterocycles. The van der Waals surface area contributed by atoms with Crippen LogP contribution in [-0.4, -0.2) is 24.9 Å². The number of nitrogens with zero attached hydrogens (tertiary/aromatic N) is 2. The maximum atomic E-state index is 12.1. The van der Waals surface area contributed by atoms with E-state index < -0.39 is 11.8 Å². The Morgan fingerprint density at radius 3 is 1.89 bits per heavy atom. The molecule has 0 spiro atoms. The molecule has 2 N–H and O–H groups in total. The highest BCUT2D eigenvalue weighted by Gasteiger charge is 2.17. The van der Waals surface area contributed by atoms with Crippen molar-refractivity contribution in [3.8, 4) is 6.07 Å². The quantitative estimate of drug-likeness (QED) is 0.820. The summed E-state index contributed by atoms with van der Waals surface area (Å²) in [5.41, 5.74) is 2.65. The van der Waals surface area contributed by atoms with Gasteiger partial charge in [0.25, 0.3) is 0 Å². The van der Waals surface area contributed by atoms with Gasteiger partial charge in [-0.05, 0) is 67.3 Å². The van der Waals surface area contributed by atoms with Gasteiger partial charge in [-0.15, -0.1) is 0 Å². The highest BCUT2D eigenvalue weighted by Crippen LogP contribution is 2.24. The molecule has 1 fully saturated rings. The van der Waals surface area contributed by atoms with Crippen molar-refractivity contribution < 1.29 is 9.59 Å². The second-order valence-corrected chi connectivity index (χ2v) is 6.81. The van der Waals surface area contributed by atoms with E-state index in [2.05, 4.69) is 22.5 Å². The summed E-state index contributed by atoms with van der Waals surface area (Å²) in [6.07, 6.45) is 2.38. The van der Waals surface area contributed by atoms with Crippen LogP contribution in [0.25, 0.3) is 0 Å². The molecule has 6 heteroatoms. The predicted molar refractivity (Wildman–Crippen MR) is 105 cm³/mol. The molecule has 2 aromatic rings. The zero-order valence-corrected chi connectivity index (χ0v) is 15.2. The van der Waals surface area contributed by atoms with Gasteiger partial charge in [0.2, 0.25) is 0 Å². The minimum absolute atomic E-state index is 0.462. The van der Waals surface area contributed by atoms with Gasteiger partial charge in [0.1, 0.15) is 0 Å². The Labute approximate surface area is 158 Å². The molecule has 0 aliphatic carbocycles. The van der Waals surface area contributed by atoms with Gasteiger partial charge >= 0.3 is 11.8 Å². The van der Waals surface area contributed by atoms with Gasteiger partial charge in [0.15, 0.2) is 0 Å². The first kappa shape index (κ1) is 18.5. The number of anilines is 3. The van der Waals surface area contributed by atoms with Crippen molar-refractivity contribution in [2.75, 3.05) is 28.6 Å². The Morgan fingerprint density at radius 1 is 0.926 bits per heavy atom. The number of hydrogen-bond donors (Lipinski definition) is 2. The van der Waals surface area contributed by atoms with Crippen molar-refractivity contribution >= 4 is 28.9 Å². The molecule has 2 amide bonds. The smallest absolute Gasteiger partial charge is 0.314 e. The molecule has 2 aromatic carbocycles. The predicted octanol–water partition coefficient (Wildman–Crippen LogP) is 3.37. The molecular formula is C21H22N4O2. The summed E-state index contributed by atoms with van der Waals surface area (Å²) in [4.78, 5) is 26.4. The van der Waals surface area contributed by atoms with Crippen LogP contribution in [-0.2, 0) is 9.59 Å². The monoisotopic (exact) mass is 362 g/mol. The topological polar surface area (TPSA) is 85.2 Å². The molecule has 0 unspecified atom stereocenters. The third-order valence-electron chi connectivity index (χ3n) is 4.75. The molecule has 0 saturated carbocycles. The van der Waals surface area contributed by atoms with Crippen LogP contribution in [0.5, 0.6) is 0 Å². The van der Waals surface area contributed by atoms with Gasteiger partial charge in [-0.25, -0.2) is 0 Å². The van der Waals surface area contributed by atoms with Gasteiger partial charge in [0, 0.05) is 30.2 Å². The number of nitrogens with one attached hydrogen (secondary N) is 2. The minimum Gasteiger partial charge on any atom is -0.372 e. The van der Waals surface area contributed by atoms with E-state index in [1.165, 1.54) is 12.8 Å². The summed E-state index contributed by atoms with van der Waals surface area (Å²) in [5, 5.41) is 13.9. The van der Waals surface area contributed by atoms with Crippen molar-refractivity contribution in [1.29, 1.82) is 5.26 Å². The van der Waals surface area contributed by atoms with E-state index in [-0.39, 0.29) is 0 Å². The fourth-order valence-electron chi connectivity index (χ4n) is 3.03. The van der Waals surface area contributed by atoms with Gasteiger partial charge in [-0.2, -0.15) is 5.26 Å². The first-order chi connectivity index (χ1) is 13.0. The molecule has 0 bridgehead atoms. The Balaban J connectivity index is 1.55. The lowest BCUT2D eigenvalue weighted by Crippen LogP contribution is -2.32. The molecule has 3 rings (SSSR count). The third-order valence-corrected chi connectivity index (χ3v) is 4.75. The Kier molecular flexibility index (Phi) is 5.72. The summed E-state index contributed by atoms with van der Waals surface area (Å²) < 4.78 is 0. The van der Waals surface area contributed by atoms with Crippen molar-refractivity contribution in [3.63, 3.8) is 0 Å². The fourth-order valence-corrected chi connectivity index (χ4v) is 3.03. The zero-order chi connectivity index (χ0) is 19.2. The third kappa shape index (κ3) is 4.85. The highest BCUT2D eigenvalue weighted by molar-refractivity contribution is 6.43. The summed E-state index contributed by atoms with van der Waals surface area (Å²) in [6, 6.07) is 15.9. The molecule has 1 aliphatic rings. The van der Waals surface area contributed by atoms with Crippen LogP contribution in [0.2, 0.25) is 0 Å². The summed E-state index contributed by atoms with van der Waals surface area (Å²) >= 11 is 0. The number of hydrogen-bond acceptors (Lipinski definition) is 4. The lowest BCUT2D eigenvalue weighted by Gasteiger charge is -2.32. The fraction of sp³-hybridized carbons (Fsp3) is 0.286. The van der Waals surface area contributed by atoms with E-state index in [1.54, 1.807) is 36.4 Å². The maximum absolute atomic E-state index is 12.1. The van der Waals surface area contributed by atoms with Crippen LogP contribution in [0.4, 0.5) is 17.1 Å². The number of benzene rings is 2. The molecule has 1 saturated heterocycles. The first-order valence-electron chi connectivity index (χ1n) is 9.02. The van der Waals surface area contributed by atoms with E-state index >= 15 is 0 Å². The number of carbonyl (C=O) groups excluding carboxylic acids is 2. The lowest BCUT2D eigenvalue weighted by molar-refractivity contribution is -0.132. The van der Waals surface area contributed by atoms with E-state index in [0.29, 0.717) is 16.9 Å². The first-order valence-corrected chi connectivity index (χ1v) is 9.02. The van der Waals surface area contributed by atoms with Crippen LogP contribution < -0.4 is 15.5 Å². The van der Waals surface area contributed by atoms with Gasteiger partial charge in [-0.3, -0.25) is 9.59 Å². The van der Waals surface area contributed by atoms with Crippen LogP contribution in [0.15, 0.2) is 48.5 Å². The normalized spacial score (nSPS) is 14.3. The second kappa shape index (κ2) is 8.37. The molecule has 1 aliphatic heterocycles. The van der Waals surface area contributed by atoms with Gasteiger partial charge < -0.3 is 15.5 Å². The average molecular weight is 362 g/mol. The van der Waals surface area contributed by atoms with Crippen molar-refractivity contribution in [2.24, 2.45) is 5.92 Å². The van der Waals surface area contributed by atoms with E-state index in [9.17, 15) is 9.59 Å². The van der Waals surface area contributed by atoms with Crippen molar-refractivity contribution in [1.82, 2.24) is 0 Å². The second-order valence-electron chi connectivity index (χ2n) is 6.81. The Morgan fingerprint density at radius 2 is 1.41 bits per heavy atom. The molecule has 0 aromatic heterocycles. The Hall–Kier alpha value is -3.33. The van der Waals surface area contributed by atoms with Crippen LogP contribution in [0.3, 0.4) is 0 Å². The largest absolute Gasteiger partial charge is 0.372 e. The number of carbonyl (C=O) groups is 2. The number of piperidine rings is 1. The molecule has 27 heavy (non-hydrogen) atoms. The van der Waals surface area contributed by atoms with E-state index in [1.807, 2.05) is 18.2 Å². The maximum Gasteiger partial charge on any atom is 0.314 e. The summed E-state index contributed by atoms with van der Waals surface area (Å²) in [7, 11) is 0. The molecule has 138 valence electrons. The lowest BCUT2D eigenvalue weighted by atomic mass is 9.99. The summed E-state index contributed by atoms with van der Waals surface area (Å²) in [5.74, 6) is -0.720. The SMILES string of the molecule is CC1CCN(c2ccc(NC(=O)C(=O)Nc3ccc(C#N)cc3)cc2)CC1. The van der Waals surface area contributed by atoms with Crippen molar-refractivity contribution in [3.05, 3.63) is 54.1 Å². The molecule has 0 atom stereocenters. The molecular weight excluding hydrogens is 340 g/mol. The minimum atomic E-state index is -0.756. The Bertz CT molecular complexity index is 845. The van der Waals surface area contributed by atoms with E-state index in [0.717, 1.165) is 24.7 Å². The van der Waals surface area contributed by atoms with Gasteiger partial charge in [0.05, 0.1) is 11.6 Å². The van der Waals surface area contributed by atoms with Crippen LogP contribution >= 0.6 is 0 Å². The van der Waals surface area contributed by atoms with Crippen molar-refractivity contribution in [2.45, 2.75) is 19.8 Å². The molecule has 6 nitrogen and oxygen atoms in total. The average Bonchev–Trinajstić information content (AvgIpc) is 2.70.